The van der Waals surface area contributed by atoms with Crippen molar-refractivity contribution >= 4 is 11.8 Å². The van der Waals surface area contributed by atoms with Crippen LogP contribution in [-0.2, 0) is 33.4 Å². The van der Waals surface area contributed by atoms with Crippen LogP contribution in [-0.4, -0.2) is 23.5 Å². The fourth-order valence-electron chi connectivity index (χ4n) is 3.17. The average molecular weight is 415 g/mol. The van der Waals surface area contributed by atoms with E-state index in [2.05, 4.69) is 52.2 Å². The van der Waals surface area contributed by atoms with Gasteiger partial charge in [0.25, 0.3) is 0 Å². The van der Waals surface area contributed by atoms with Gasteiger partial charge in [-0.05, 0) is 46.1 Å². The van der Waals surface area contributed by atoms with Crippen molar-refractivity contribution in [2.24, 2.45) is 0 Å². The Morgan fingerprint density at radius 1 is 0.967 bits per heavy atom. The number of aromatic hydroxyl groups is 1. The normalized spacial score (nSPS) is 11.9. The molecule has 0 bridgehead atoms. The van der Waals surface area contributed by atoms with Crippen LogP contribution in [0.3, 0.4) is 0 Å². The number of carbonyl (C=O) groups excluding carboxylic acids is 2. The molecule has 0 fully saturated rings. The lowest BCUT2D eigenvalue weighted by atomic mass is 9.78. The van der Waals surface area contributed by atoms with Gasteiger partial charge in [0.1, 0.15) is 11.5 Å². The number of rotatable bonds is 7. The standard InChI is InChI=1S/C24H34N2O4/c1-23(2,3)18-12-16(13-19(22(18)29)24(4,5)6)9-10-20(27)26-15-21(28)25-14-17-8-7-11-30-17/h7-8,11-13,29H,9-10,14-15H2,1-6H3,(H,25,28)(H,26,27). The number of hydrogen-bond acceptors (Lipinski definition) is 4. The summed E-state index contributed by atoms with van der Waals surface area (Å²) >= 11 is 0. The van der Waals surface area contributed by atoms with Gasteiger partial charge in [-0.3, -0.25) is 9.59 Å². The molecule has 1 aromatic heterocycles. The van der Waals surface area contributed by atoms with E-state index in [-0.39, 0.29) is 35.6 Å². The summed E-state index contributed by atoms with van der Waals surface area (Å²) in [5.74, 6) is 0.531. The van der Waals surface area contributed by atoms with Crippen LogP contribution in [0.15, 0.2) is 34.9 Å². The van der Waals surface area contributed by atoms with E-state index in [0.717, 1.165) is 16.7 Å². The maximum absolute atomic E-state index is 12.2. The number of amides is 2. The van der Waals surface area contributed by atoms with Crippen molar-refractivity contribution in [1.29, 1.82) is 0 Å². The maximum atomic E-state index is 12.2. The smallest absolute Gasteiger partial charge is 0.239 e. The Balaban J connectivity index is 1.95. The summed E-state index contributed by atoms with van der Waals surface area (Å²) in [6.45, 7) is 12.6. The maximum Gasteiger partial charge on any atom is 0.239 e. The quantitative estimate of drug-likeness (QED) is 0.640. The molecule has 6 heteroatoms. The largest absolute Gasteiger partial charge is 0.507 e. The Morgan fingerprint density at radius 3 is 2.07 bits per heavy atom. The molecule has 2 aromatic rings. The van der Waals surface area contributed by atoms with Crippen LogP contribution in [0.25, 0.3) is 0 Å². The Labute approximate surface area is 179 Å². The van der Waals surface area contributed by atoms with Gasteiger partial charge in [-0.15, -0.1) is 0 Å². The van der Waals surface area contributed by atoms with Gasteiger partial charge in [-0.1, -0.05) is 53.7 Å². The summed E-state index contributed by atoms with van der Waals surface area (Å²) < 4.78 is 5.15. The first-order chi connectivity index (χ1) is 13.9. The molecule has 0 aliphatic heterocycles. The molecule has 3 N–H and O–H groups in total. The Bertz CT molecular complexity index is 837. The summed E-state index contributed by atoms with van der Waals surface area (Å²) in [4.78, 5) is 24.1. The lowest BCUT2D eigenvalue weighted by Gasteiger charge is -2.28. The van der Waals surface area contributed by atoms with Gasteiger partial charge in [0.05, 0.1) is 19.4 Å². The van der Waals surface area contributed by atoms with Crippen LogP contribution in [0.1, 0.15) is 70.4 Å². The summed E-state index contributed by atoms with van der Waals surface area (Å²) in [5.41, 5.74) is 2.33. The number of benzene rings is 1. The van der Waals surface area contributed by atoms with Gasteiger partial charge in [0.15, 0.2) is 0 Å². The second kappa shape index (κ2) is 9.37. The third kappa shape index (κ3) is 6.65. The van der Waals surface area contributed by atoms with Crippen molar-refractivity contribution in [3.63, 3.8) is 0 Å². The number of phenols is 1. The fourth-order valence-corrected chi connectivity index (χ4v) is 3.17. The first-order valence-corrected chi connectivity index (χ1v) is 10.3. The van der Waals surface area contributed by atoms with Crippen molar-refractivity contribution in [3.8, 4) is 5.75 Å². The molecule has 2 amide bonds. The minimum absolute atomic E-state index is 0.0738. The Kier molecular flexibility index (Phi) is 7.34. The zero-order valence-electron chi connectivity index (χ0n) is 18.9. The van der Waals surface area contributed by atoms with Crippen LogP contribution in [0.4, 0.5) is 0 Å². The summed E-state index contributed by atoms with van der Waals surface area (Å²) in [7, 11) is 0. The molecule has 6 nitrogen and oxygen atoms in total. The molecule has 0 unspecified atom stereocenters. The Morgan fingerprint density at radius 2 is 1.57 bits per heavy atom. The molecule has 1 heterocycles. The zero-order valence-corrected chi connectivity index (χ0v) is 18.9. The highest BCUT2D eigenvalue weighted by Crippen LogP contribution is 2.39. The van der Waals surface area contributed by atoms with E-state index in [1.807, 2.05) is 12.1 Å². The predicted molar refractivity (Wildman–Crippen MR) is 117 cm³/mol. The van der Waals surface area contributed by atoms with Crippen LogP contribution in [0.5, 0.6) is 5.75 Å². The van der Waals surface area contributed by atoms with Gasteiger partial charge in [-0.2, -0.15) is 0 Å². The van der Waals surface area contributed by atoms with Crippen molar-refractivity contribution in [1.82, 2.24) is 10.6 Å². The third-order valence-corrected chi connectivity index (χ3v) is 4.91. The van der Waals surface area contributed by atoms with Gasteiger partial charge in [0, 0.05) is 6.42 Å². The van der Waals surface area contributed by atoms with Crippen LogP contribution >= 0.6 is 0 Å². The molecule has 0 aliphatic carbocycles. The molecular weight excluding hydrogens is 380 g/mol. The van der Waals surface area contributed by atoms with Gasteiger partial charge in [-0.25, -0.2) is 0 Å². The second-order valence-corrected chi connectivity index (χ2v) is 9.67. The van der Waals surface area contributed by atoms with E-state index < -0.39 is 0 Å². The second-order valence-electron chi connectivity index (χ2n) is 9.67. The van der Waals surface area contributed by atoms with Crippen molar-refractivity contribution in [2.45, 2.75) is 71.8 Å². The lowest BCUT2D eigenvalue weighted by molar-refractivity contribution is -0.126. The van der Waals surface area contributed by atoms with Gasteiger partial charge >= 0.3 is 0 Å². The van der Waals surface area contributed by atoms with Crippen LogP contribution in [0, 0.1) is 0 Å². The zero-order chi connectivity index (χ0) is 22.5. The monoisotopic (exact) mass is 414 g/mol. The highest BCUT2D eigenvalue weighted by atomic mass is 16.3. The number of hydrogen-bond donors (Lipinski definition) is 3. The summed E-state index contributed by atoms with van der Waals surface area (Å²) in [6, 6.07) is 7.48. The number of phenolic OH excluding ortho intramolecular Hbond substituents is 1. The third-order valence-electron chi connectivity index (χ3n) is 4.91. The molecule has 1 aromatic carbocycles. The predicted octanol–water partition coefficient (Wildman–Crippen LogP) is 3.95. The number of aryl methyl sites for hydroxylation is 1. The highest BCUT2D eigenvalue weighted by Gasteiger charge is 2.26. The van der Waals surface area contributed by atoms with E-state index in [1.165, 1.54) is 0 Å². The van der Waals surface area contributed by atoms with Crippen LogP contribution < -0.4 is 10.6 Å². The van der Waals surface area contributed by atoms with Crippen molar-refractivity contribution in [3.05, 3.63) is 53.0 Å². The SMILES string of the molecule is CC(C)(C)c1cc(CCC(=O)NCC(=O)NCc2ccco2)cc(C(C)(C)C)c1O. The molecule has 30 heavy (non-hydrogen) atoms. The number of carbonyl (C=O) groups is 2. The Hall–Kier alpha value is -2.76. The van der Waals surface area contributed by atoms with E-state index in [4.69, 9.17) is 4.42 Å². The summed E-state index contributed by atoms with van der Waals surface area (Å²) in [6.07, 6.45) is 2.35. The molecule has 0 radical (unpaired) electrons. The molecule has 164 valence electrons. The van der Waals surface area contributed by atoms with Crippen molar-refractivity contribution in [2.75, 3.05) is 6.54 Å². The van der Waals surface area contributed by atoms with E-state index in [1.54, 1.807) is 18.4 Å². The molecular formula is C24H34N2O4. The first kappa shape index (κ1) is 23.5. The van der Waals surface area contributed by atoms with E-state index in [0.29, 0.717) is 24.5 Å². The minimum atomic E-state index is -0.269. The van der Waals surface area contributed by atoms with E-state index in [9.17, 15) is 14.7 Å². The highest BCUT2D eigenvalue weighted by molar-refractivity contribution is 5.84. The summed E-state index contributed by atoms with van der Waals surface area (Å²) in [5, 5.41) is 16.1. The average Bonchev–Trinajstić information content (AvgIpc) is 3.15. The first-order valence-electron chi connectivity index (χ1n) is 10.3. The molecule has 2 rings (SSSR count). The topological polar surface area (TPSA) is 91.6 Å². The van der Waals surface area contributed by atoms with Gasteiger partial charge in [0.2, 0.25) is 11.8 Å². The molecule has 0 atom stereocenters. The van der Waals surface area contributed by atoms with E-state index >= 15 is 0 Å². The molecule has 0 aliphatic rings. The van der Waals surface area contributed by atoms with Crippen molar-refractivity contribution < 1.29 is 19.1 Å². The molecule has 0 spiro atoms. The molecule has 0 saturated carbocycles. The molecule has 0 saturated heterocycles. The van der Waals surface area contributed by atoms with Gasteiger partial charge < -0.3 is 20.2 Å². The minimum Gasteiger partial charge on any atom is -0.507 e. The lowest BCUT2D eigenvalue weighted by Crippen LogP contribution is -2.36. The number of nitrogens with one attached hydrogen (secondary N) is 2. The number of furan rings is 1. The van der Waals surface area contributed by atoms with Crippen LogP contribution in [0.2, 0.25) is 0 Å². The fraction of sp³-hybridized carbons (Fsp3) is 0.500.